The minimum atomic E-state index is 0.193. The van der Waals surface area contributed by atoms with Gasteiger partial charge in [0.1, 0.15) is 0 Å². The third-order valence-electron chi connectivity index (χ3n) is 3.86. The zero-order valence-corrected chi connectivity index (χ0v) is 10.5. The molecule has 2 fully saturated rings. The van der Waals surface area contributed by atoms with E-state index in [0.29, 0.717) is 0 Å². The van der Waals surface area contributed by atoms with E-state index in [1.54, 1.807) is 0 Å². The van der Waals surface area contributed by atoms with Crippen molar-refractivity contribution < 1.29 is 9.53 Å². The number of nitrogens with one attached hydrogen (secondary N) is 2. The predicted molar refractivity (Wildman–Crippen MR) is 66.8 cm³/mol. The van der Waals surface area contributed by atoms with Crippen molar-refractivity contribution in [2.24, 2.45) is 11.8 Å². The summed E-state index contributed by atoms with van der Waals surface area (Å²) in [5.74, 6) is 1.18. The zero-order chi connectivity index (χ0) is 11.9. The number of hydrogen-bond donors (Lipinski definition) is 2. The minimum absolute atomic E-state index is 0.193. The van der Waals surface area contributed by atoms with E-state index in [9.17, 15) is 4.79 Å². The molecule has 1 amide bonds. The van der Waals surface area contributed by atoms with Crippen LogP contribution in [0.2, 0.25) is 0 Å². The maximum Gasteiger partial charge on any atom is 0.224 e. The number of carbonyl (C=O) groups excluding carboxylic acids is 1. The van der Waals surface area contributed by atoms with Gasteiger partial charge in [0.25, 0.3) is 0 Å². The van der Waals surface area contributed by atoms with Crippen molar-refractivity contribution in [3.63, 3.8) is 0 Å². The largest absolute Gasteiger partial charge is 0.381 e. The van der Waals surface area contributed by atoms with Gasteiger partial charge in [-0.15, -0.1) is 0 Å². The lowest BCUT2D eigenvalue weighted by molar-refractivity contribution is -0.125. The molecule has 2 aliphatic heterocycles. The van der Waals surface area contributed by atoms with E-state index in [1.807, 2.05) is 0 Å². The topological polar surface area (TPSA) is 50.4 Å². The molecule has 0 bridgehead atoms. The van der Waals surface area contributed by atoms with Crippen molar-refractivity contribution in [1.82, 2.24) is 10.6 Å². The van der Waals surface area contributed by atoms with Gasteiger partial charge in [0, 0.05) is 26.3 Å². The molecule has 1 atom stereocenters. The molecule has 2 heterocycles. The van der Waals surface area contributed by atoms with Gasteiger partial charge in [0.05, 0.1) is 5.92 Å². The molecular weight excluding hydrogens is 216 g/mol. The van der Waals surface area contributed by atoms with Crippen LogP contribution in [-0.2, 0) is 9.53 Å². The van der Waals surface area contributed by atoms with E-state index >= 15 is 0 Å². The number of piperidine rings is 1. The first-order chi connectivity index (χ1) is 8.36. The number of ether oxygens (including phenoxy) is 1. The van der Waals surface area contributed by atoms with Gasteiger partial charge in [-0.3, -0.25) is 4.79 Å². The lowest BCUT2D eigenvalue weighted by Gasteiger charge is -2.24. The molecule has 0 aromatic carbocycles. The summed E-state index contributed by atoms with van der Waals surface area (Å²) in [6, 6.07) is 0. The zero-order valence-electron chi connectivity index (χ0n) is 10.5. The first-order valence-corrected chi connectivity index (χ1v) is 6.92. The summed E-state index contributed by atoms with van der Waals surface area (Å²) in [4.78, 5) is 11.9. The molecule has 4 nitrogen and oxygen atoms in total. The Morgan fingerprint density at radius 2 is 2.12 bits per heavy atom. The van der Waals surface area contributed by atoms with Gasteiger partial charge in [-0.05, 0) is 44.6 Å². The quantitative estimate of drug-likeness (QED) is 0.768. The van der Waals surface area contributed by atoms with Crippen LogP contribution in [0.3, 0.4) is 0 Å². The van der Waals surface area contributed by atoms with Gasteiger partial charge in [-0.1, -0.05) is 0 Å². The van der Waals surface area contributed by atoms with Crippen LogP contribution in [0.5, 0.6) is 0 Å². The van der Waals surface area contributed by atoms with Crippen LogP contribution in [0.1, 0.15) is 32.1 Å². The van der Waals surface area contributed by atoms with Crippen LogP contribution in [0, 0.1) is 11.8 Å². The van der Waals surface area contributed by atoms with Crippen molar-refractivity contribution in [2.45, 2.75) is 32.1 Å². The number of amides is 1. The van der Waals surface area contributed by atoms with Gasteiger partial charge in [0.15, 0.2) is 0 Å². The summed E-state index contributed by atoms with van der Waals surface area (Å²) >= 11 is 0. The van der Waals surface area contributed by atoms with E-state index in [4.69, 9.17) is 4.74 Å². The fourth-order valence-electron chi connectivity index (χ4n) is 2.65. The Hall–Kier alpha value is -0.610. The van der Waals surface area contributed by atoms with Crippen molar-refractivity contribution in [3.8, 4) is 0 Å². The molecule has 98 valence electrons. The number of carbonyl (C=O) groups is 1. The molecule has 17 heavy (non-hydrogen) atoms. The molecule has 2 N–H and O–H groups in total. The van der Waals surface area contributed by atoms with Gasteiger partial charge in [-0.2, -0.15) is 0 Å². The van der Waals surface area contributed by atoms with Crippen LogP contribution >= 0.6 is 0 Å². The second-order valence-corrected chi connectivity index (χ2v) is 5.18. The van der Waals surface area contributed by atoms with Crippen LogP contribution < -0.4 is 10.6 Å². The van der Waals surface area contributed by atoms with Gasteiger partial charge in [0.2, 0.25) is 5.91 Å². The third kappa shape index (κ3) is 4.28. The average Bonchev–Trinajstić information content (AvgIpc) is 2.41. The molecule has 0 aliphatic carbocycles. The fourth-order valence-corrected chi connectivity index (χ4v) is 2.65. The van der Waals surface area contributed by atoms with Gasteiger partial charge < -0.3 is 15.4 Å². The highest BCUT2D eigenvalue weighted by Gasteiger charge is 2.21. The van der Waals surface area contributed by atoms with Crippen molar-refractivity contribution in [3.05, 3.63) is 0 Å². The van der Waals surface area contributed by atoms with E-state index < -0.39 is 0 Å². The molecule has 0 aromatic rings. The predicted octanol–water partition coefficient (Wildman–Crippen LogP) is 0.919. The Balaban J connectivity index is 1.58. The second-order valence-electron chi connectivity index (χ2n) is 5.18. The normalized spacial score (nSPS) is 26.7. The summed E-state index contributed by atoms with van der Waals surface area (Å²) < 4.78 is 5.33. The number of rotatable bonds is 4. The molecular formula is C13H24N2O2. The lowest BCUT2D eigenvalue weighted by atomic mass is 9.96. The highest BCUT2D eigenvalue weighted by Crippen LogP contribution is 2.17. The van der Waals surface area contributed by atoms with E-state index in [1.165, 1.54) is 0 Å². The van der Waals surface area contributed by atoms with Crippen molar-refractivity contribution in [1.29, 1.82) is 0 Å². The van der Waals surface area contributed by atoms with Gasteiger partial charge in [-0.25, -0.2) is 0 Å². The second kappa shape index (κ2) is 6.97. The lowest BCUT2D eigenvalue weighted by Crippen LogP contribution is -2.41. The summed E-state index contributed by atoms with van der Waals surface area (Å²) in [7, 11) is 0. The molecule has 0 aromatic heterocycles. The van der Waals surface area contributed by atoms with Crippen molar-refractivity contribution >= 4 is 5.91 Å². The smallest absolute Gasteiger partial charge is 0.224 e. The first-order valence-electron chi connectivity index (χ1n) is 6.92. The molecule has 2 aliphatic rings. The maximum atomic E-state index is 11.9. The van der Waals surface area contributed by atoms with E-state index in [-0.39, 0.29) is 11.8 Å². The van der Waals surface area contributed by atoms with Crippen LogP contribution in [0.15, 0.2) is 0 Å². The third-order valence-corrected chi connectivity index (χ3v) is 3.86. The Kier molecular flexibility index (Phi) is 5.26. The highest BCUT2D eigenvalue weighted by molar-refractivity contribution is 5.78. The SMILES string of the molecule is O=C(NCCC1CCOCC1)C1CCCNC1. The highest BCUT2D eigenvalue weighted by atomic mass is 16.5. The average molecular weight is 240 g/mol. The molecule has 0 radical (unpaired) electrons. The standard InChI is InChI=1S/C13H24N2O2/c16-13(12-2-1-6-14-10-12)15-7-3-11-4-8-17-9-5-11/h11-12,14H,1-10H2,(H,15,16). The van der Waals surface area contributed by atoms with Crippen LogP contribution in [-0.4, -0.2) is 38.8 Å². The molecule has 1 unspecified atom stereocenters. The van der Waals surface area contributed by atoms with Crippen LogP contribution in [0.4, 0.5) is 0 Å². The van der Waals surface area contributed by atoms with Crippen molar-refractivity contribution in [2.75, 3.05) is 32.8 Å². The van der Waals surface area contributed by atoms with E-state index in [0.717, 1.165) is 70.9 Å². The Bertz CT molecular complexity index is 234. The molecule has 4 heteroatoms. The summed E-state index contributed by atoms with van der Waals surface area (Å²) in [6.45, 7) is 4.53. The molecule has 2 saturated heterocycles. The molecule has 0 spiro atoms. The maximum absolute atomic E-state index is 11.9. The first kappa shape index (κ1) is 12.8. The molecule has 0 saturated carbocycles. The minimum Gasteiger partial charge on any atom is -0.381 e. The van der Waals surface area contributed by atoms with Crippen LogP contribution in [0.25, 0.3) is 0 Å². The Morgan fingerprint density at radius 1 is 1.29 bits per heavy atom. The van der Waals surface area contributed by atoms with E-state index in [2.05, 4.69) is 10.6 Å². The Morgan fingerprint density at radius 3 is 2.82 bits per heavy atom. The Labute approximate surface area is 103 Å². The summed E-state index contributed by atoms with van der Waals surface area (Å²) in [5, 5.41) is 6.36. The summed E-state index contributed by atoms with van der Waals surface area (Å²) in [6.07, 6.45) is 5.57. The number of hydrogen-bond acceptors (Lipinski definition) is 3. The molecule has 2 rings (SSSR count). The monoisotopic (exact) mass is 240 g/mol. The fraction of sp³-hybridized carbons (Fsp3) is 0.923. The summed E-state index contributed by atoms with van der Waals surface area (Å²) in [5.41, 5.74) is 0. The van der Waals surface area contributed by atoms with Gasteiger partial charge >= 0.3 is 0 Å².